The predicted octanol–water partition coefficient (Wildman–Crippen LogP) is 3.97. The molecule has 1 N–H and O–H groups in total. The quantitative estimate of drug-likeness (QED) is 0.293. The van der Waals surface area contributed by atoms with Crippen LogP contribution in [0, 0.1) is 10.1 Å². The summed E-state index contributed by atoms with van der Waals surface area (Å²) >= 11 is 0. The first kappa shape index (κ1) is 24.5. The van der Waals surface area contributed by atoms with Gasteiger partial charge in [0, 0.05) is 55.8 Å². The van der Waals surface area contributed by atoms with E-state index in [2.05, 4.69) is 10.2 Å². The molecule has 1 aliphatic rings. The van der Waals surface area contributed by atoms with Gasteiger partial charge in [-0.1, -0.05) is 30.3 Å². The lowest BCUT2D eigenvalue weighted by Gasteiger charge is -2.35. The molecule has 0 bridgehead atoms. The zero-order valence-electron chi connectivity index (χ0n) is 19.6. The van der Waals surface area contributed by atoms with Crippen LogP contribution < -0.4 is 15.0 Å². The number of non-ortho nitro benzene ring substituents is 1. The van der Waals surface area contributed by atoms with Crippen molar-refractivity contribution in [2.45, 2.75) is 0 Å². The third-order valence-electron chi connectivity index (χ3n) is 5.74. The number of nitrogens with one attached hydrogen (secondary N) is 1. The fraction of sp³-hybridized carbons (Fsp3) is 0.185. The SMILES string of the molecule is O=C(COc1ccc([N+](=O)[O-])cc1)Nc1ccc(N2CCN(C(=O)/C=C/c3ccccc3)CC2)cc1. The highest BCUT2D eigenvalue weighted by Crippen LogP contribution is 2.20. The lowest BCUT2D eigenvalue weighted by Crippen LogP contribution is -2.48. The molecule has 1 fully saturated rings. The van der Waals surface area contributed by atoms with Crippen molar-refractivity contribution in [3.8, 4) is 5.75 Å². The lowest BCUT2D eigenvalue weighted by molar-refractivity contribution is -0.384. The Hall–Kier alpha value is -4.66. The van der Waals surface area contributed by atoms with Gasteiger partial charge in [0.05, 0.1) is 4.92 Å². The second-order valence-electron chi connectivity index (χ2n) is 8.19. The molecular weight excluding hydrogens is 460 g/mol. The van der Waals surface area contributed by atoms with E-state index >= 15 is 0 Å². The van der Waals surface area contributed by atoms with Crippen LogP contribution in [0.25, 0.3) is 6.08 Å². The van der Waals surface area contributed by atoms with E-state index in [9.17, 15) is 19.7 Å². The first-order valence-corrected chi connectivity index (χ1v) is 11.5. The zero-order valence-corrected chi connectivity index (χ0v) is 19.6. The van der Waals surface area contributed by atoms with E-state index < -0.39 is 4.92 Å². The molecule has 0 spiro atoms. The van der Waals surface area contributed by atoms with Gasteiger partial charge in [-0.05, 0) is 48.0 Å². The number of nitro groups is 1. The molecule has 3 aromatic carbocycles. The fourth-order valence-electron chi connectivity index (χ4n) is 3.79. The second kappa shape index (κ2) is 11.7. The Bertz CT molecular complexity index is 1220. The van der Waals surface area contributed by atoms with Gasteiger partial charge in [-0.2, -0.15) is 0 Å². The van der Waals surface area contributed by atoms with Crippen LogP contribution in [0.5, 0.6) is 5.75 Å². The maximum atomic E-state index is 12.5. The molecule has 1 saturated heterocycles. The number of amides is 2. The fourth-order valence-corrected chi connectivity index (χ4v) is 3.79. The number of nitrogens with zero attached hydrogens (tertiary/aromatic N) is 3. The summed E-state index contributed by atoms with van der Waals surface area (Å²) in [5.41, 5.74) is 2.60. The Morgan fingerprint density at radius 2 is 1.58 bits per heavy atom. The van der Waals surface area contributed by atoms with Crippen molar-refractivity contribution in [2.75, 3.05) is 43.0 Å². The summed E-state index contributed by atoms with van der Waals surface area (Å²) in [6.07, 6.45) is 3.45. The summed E-state index contributed by atoms with van der Waals surface area (Å²) in [4.78, 5) is 38.9. The van der Waals surface area contributed by atoms with Crippen LogP contribution in [0.2, 0.25) is 0 Å². The van der Waals surface area contributed by atoms with Gasteiger partial charge in [0.25, 0.3) is 11.6 Å². The summed E-state index contributed by atoms with van der Waals surface area (Å²) in [6, 6.07) is 22.8. The van der Waals surface area contributed by atoms with E-state index in [1.54, 1.807) is 6.08 Å². The van der Waals surface area contributed by atoms with Gasteiger partial charge in [-0.15, -0.1) is 0 Å². The zero-order chi connectivity index (χ0) is 25.3. The molecular formula is C27H26N4O5. The average molecular weight is 487 g/mol. The highest BCUT2D eigenvalue weighted by Gasteiger charge is 2.20. The van der Waals surface area contributed by atoms with Crippen molar-refractivity contribution in [1.82, 2.24) is 4.90 Å². The molecule has 9 heteroatoms. The molecule has 0 radical (unpaired) electrons. The second-order valence-corrected chi connectivity index (χ2v) is 8.19. The van der Waals surface area contributed by atoms with E-state index in [0.717, 1.165) is 24.3 Å². The van der Waals surface area contributed by atoms with Crippen molar-refractivity contribution < 1.29 is 19.2 Å². The number of anilines is 2. The minimum absolute atomic E-state index is 0.00695. The van der Waals surface area contributed by atoms with Crippen molar-refractivity contribution >= 4 is 35.0 Å². The summed E-state index contributed by atoms with van der Waals surface area (Å²) in [5.74, 6) is 0.0450. The third-order valence-corrected chi connectivity index (χ3v) is 5.74. The smallest absolute Gasteiger partial charge is 0.269 e. The molecule has 4 rings (SSSR count). The molecule has 0 saturated carbocycles. The Morgan fingerprint density at radius 3 is 2.22 bits per heavy atom. The normalized spacial score (nSPS) is 13.4. The maximum absolute atomic E-state index is 12.5. The van der Waals surface area contributed by atoms with E-state index in [4.69, 9.17) is 4.74 Å². The molecule has 3 aromatic rings. The van der Waals surface area contributed by atoms with E-state index in [1.165, 1.54) is 24.3 Å². The van der Waals surface area contributed by atoms with Crippen LogP contribution in [0.15, 0.2) is 84.9 Å². The Kier molecular flexibility index (Phi) is 7.92. The number of carbonyl (C=O) groups is 2. The molecule has 0 aromatic heterocycles. The first-order valence-electron chi connectivity index (χ1n) is 11.5. The Morgan fingerprint density at radius 1 is 0.917 bits per heavy atom. The van der Waals surface area contributed by atoms with Crippen molar-refractivity contribution in [3.63, 3.8) is 0 Å². The maximum Gasteiger partial charge on any atom is 0.269 e. The minimum atomic E-state index is -0.496. The van der Waals surface area contributed by atoms with Crippen LogP contribution in [0.1, 0.15) is 5.56 Å². The number of benzene rings is 3. The monoisotopic (exact) mass is 486 g/mol. The summed E-state index contributed by atoms with van der Waals surface area (Å²) in [6.45, 7) is 2.50. The predicted molar refractivity (Wildman–Crippen MR) is 138 cm³/mol. The minimum Gasteiger partial charge on any atom is -0.484 e. The van der Waals surface area contributed by atoms with Gasteiger partial charge in [-0.25, -0.2) is 0 Å². The van der Waals surface area contributed by atoms with Crippen LogP contribution in [0.3, 0.4) is 0 Å². The Balaban J connectivity index is 1.22. The first-order chi connectivity index (χ1) is 17.5. The van der Waals surface area contributed by atoms with Gasteiger partial charge < -0.3 is 19.9 Å². The van der Waals surface area contributed by atoms with Gasteiger partial charge in [-0.3, -0.25) is 19.7 Å². The molecule has 2 amide bonds. The summed E-state index contributed by atoms with van der Waals surface area (Å²) < 4.78 is 5.39. The average Bonchev–Trinajstić information content (AvgIpc) is 2.92. The van der Waals surface area contributed by atoms with Gasteiger partial charge >= 0.3 is 0 Å². The molecule has 1 aliphatic heterocycles. The number of hydrogen-bond donors (Lipinski definition) is 1. The van der Waals surface area contributed by atoms with Crippen LogP contribution in [-0.4, -0.2) is 54.4 Å². The summed E-state index contributed by atoms with van der Waals surface area (Å²) in [5, 5.41) is 13.5. The lowest BCUT2D eigenvalue weighted by atomic mass is 10.2. The van der Waals surface area contributed by atoms with Crippen LogP contribution >= 0.6 is 0 Å². The standard InChI is InChI=1S/C27H26N4O5/c32-26(20-36-25-13-11-24(12-14-25)31(34)35)28-22-7-9-23(10-8-22)29-16-18-30(19-17-29)27(33)15-6-21-4-2-1-3-5-21/h1-15H,16-20H2,(H,28,32)/b15-6+. The largest absolute Gasteiger partial charge is 0.484 e. The highest BCUT2D eigenvalue weighted by atomic mass is 16.6. The van der Waals surface area contributed by atoms with Crippen LogP contribution in [0.4, 0.5) is 17.1 Å². The van der Waals surface area contributed by atoms with Crippen molar-refractivity contribution in [3.05, 3.63) is 101 Å². The highest BCUT2D eigenvalue weighted by molar-refractivity contribution is 5.92. The summed E-state index contributed by atoms with van der Waals surface area (Å²) in [7, 11) is 0. The van der Waals surface area contributed by atoms with Gasteiger partial charge in [0.2, 0.25) is 5.91 Å². The number of carbonyl (C=O) groups excluding carboxylic acids is 2. The van der Waals surface area contributed by atoms with E-state index in [1.807, 2.05) is 65.6 Å². The molecule has 36 heavy (non-hydrogen) atoms. The van der Waals surface area contributed by atoms with Gasteiger partial charge in [0.15, 0.2) is 6.61 Å². The number of piperazine rings is 1. The number of nitro benzene ring substituents is 1. The molecule has 0 aliphatic carbocycles. The van der Waals surface area contributed by atoms with Crippen molar-refractivity contribution in [1.29, 1.82) is 0 Å². The van der Waals surface area contributed by atoms with E-state index in [0.29, 0.717) is 24.5 Å². The number of hydrogen-bond acceptors (Lipinski definition) is 6. The molecule has 1 heterocycles. The van der Waals surface area contributed by atoms with Crippen LogP contribution in [-0.2, 0) is 9.59 Å². The number of ether oxygens (including phenoxy) is 1. The number of rotatable bonds is 8. The third kappa shape index (κ3) is 6.69. The Labute approximate surface area is 208 Å². The molecule has 9 nitrogen and oxygen atoms in total. The van der Waals surface area contributed by atoms with Gasteiger partial charge in [0.1, 0.15) is 5.75 Å². The van der Waals surface area contributed by atoms with Crippen molar-refractivity contribution in [2.24, 2.45) is 0 Å². The molecule has 0 unspecified atom stereocenters. The van der Waals surface area contributed by atoms with E-state index in [-0.39, 0.29) is 24.1 Å². The molecule has 0 atom stereocenters. The molecule has 184 valence electrons. The topological polar surface area (TPSA) is 105 Å².